The van der Waals surface area contributed by atoms with Gasteiger partial charge in [-0.15, -0.1) is 0 Å². The molecule has 1 aliphatic carbocycles. The van der Waals surface area contributed by atoms with Gasteiger partial charge in [-0.2, -0.15) is 0 Å². The number of fused-ring (bicyclic) bond motifs is 1. The molecule has 6 heteroatoms. The molecule has 2 aromatic rings. The largest absolute Gasteiger partial charge is 0.497 e. The highest BCUT2D eigenvalue weighted by molar-refractivity contribution is 5.99. The minimum absolute atomic E-state index is 0.105. The number of hydrogen-bond acceptors (Lipinski definition) is 4. The summed E-state index contributed by atoms with van der Waals surface area (Å²) < 4.78 is 11.1. The summed E-state index contributed by atoms with van der Waals surface area (Å²) in [5.74, 6) is 1.49. The van der Waals surface area contributed by atoms with Crippen LogP contribution >= 0.6 is 0 Å². The summed E-state index contributed by atoms with van der Waals surface area (Å²) in [6, 6.07) is 5.53. The van der Waals surface area contributed by atoms with Crippen molar-refractivity contribution in [2.45, 2.75) is 19.8 Å². The minimum Gasteiger partial charge on any atom is -0.497 e. The number of amides is 2. The number of benzene rings is 1. The van der Waals surface area contributed by atoms with Crippen molar-refractivity contribution in [1.29, 1.82) is 0 Å². The molecule has 4 rings (SSSR count). The molecule has 2 aliphatic rings. The highest BCUT2D eigenvalue weighted by atomic mass is 16.5. The van der Waals surface area contributed by atoms with Crippen molar-refractivity contribution in [3.8, 4) is 5.75 Å². The first-order valence-electron chi connectivity index (χ1n) is 8.73. The second-order valence-corrected chi connectivity index (χ2v) is 6.81. The van der Waals surface area contributed by atoms with Crippen LogP contribution in [0.2, 0.25) is 0 Å². The average molecular weight is 342 g/mol. The second kappa shape index (κ2) is 6.10. The van der Waals surface area contributed by atoms with Gasteiger partial charge >= 0.3 is 0 Å². The molecule has 0 atom stereocenters. The lowest BCUT2D eigenvalue weighted by atomic mass is 10.1. The normalized spacial score (nSPS) is 17.8. The van der Waals surface area contributed by atoms with Gasteiger partial charge in [-0.25, -0.2) is 0 Å². The van der Waals surface area contributed by atoms with Crippen LogP contribution in [0.25, 0.3) is 11.0 Å². The third-order valence-corrected chi connectivity index (χ3v) is 5.14. The molecule has 0 spiro atoms. The van der Waals surface area contributed by atoms with Crippen LogP contribution < -0.4 is 4.74 Å². The number of rotatable bonds is 3. The average Bonchev–Trinajstić information content (AvgIpc) is 3.45. The zero-order chi connectivity index (χ0) is 17.6. The standard InChI is InChI=1S/C19H22N2O4/c1-12-15-11-14(24-2)5-6-16(15)25-17(12)19(23)21-9-7-20(8-10-21)18(22)13-3-4-13/h5-6,11,13H,3-4,7-10H2,1-2H3. The molecule has 1 aromatic carbocycles. The third kappa shape index (κ3) is 2.86. The number of methoxy groups -OCH3 is 1. The number of ether oxygens (including phenoxy) is 1. The molecule has 0 N–H and O–H groups in total. The first-order chi connectivity index (χ1) is 12.1. The Hall–Kier alpha value is -2.50. The molecule has 1 saturated heterocycles. The van der Waals surface area contributed by atoms with Crippen LogP contribution in [0.15, 0.2) is 22.6 Å². The van der Waals surface area contributed by atoms with Crippen LogP contribution in [0.1, 0.15) is 29.0 Å². The Morgan fingerprint density at radius 3 is 2.44 bits per heavy atom. The van der Waals surface area contributed by atoms with Crippen LogP contribution in [-0.4, -0.2) is 54.9 Å². The molecular formula is C19H22N2O4. The quantitative estimate of drug-likeness (QED) is 0.859. The van der Waals surface area contributed by atoms with Crippen molar-refractivity contribution in [2.75, 3.05) is 33.3 Å². The number of nitrogens with zero attached hydrogens (tertiary/aromatic N) is 2. The van der Waals surface area contributed by atoms with Crippen molar-refractivity contribution in [3.05, 3.63) is 29.5 Å². The van der Waals surface area contributed by atoms with Crippen molar-refractivity contribution < 1.29 is 18.7 Å². The zero-order valence-electron chi connectivity index (χ0n) is 14.6. The lowest BCUT2D eigenvalue weighted by molar-refractivity contribution is -0.134. The van der Waals surface area contributed by atoms with Gasteiger partial charge in [0.1, 0.15) is 11.3 Å². The molecule has 0 bridgehead atoms. The minimum atomic E-state index is -0.105. The lowest BCUT2D eigenvalue weighted by Crippen LogP contribution is -2.51. The molecule has 1 aromatic heterocycles. The number of piperazine rings is 1. The van der Waals surface area contributed by atoms with E-state index in [1.54, 1.807) is 12.0 Å². The van der Waals surface area contributed by atoms with E-state index in [0.29, 0.717) is 37.5 Å². The zero-order valence-corrected chi connectivity index (χ0v) is 14.6. The summed E-state index contributed by atoms with van der Waals surface area (Å²) in [6.07, 6.45) is 2.03. The molecule has 2 fully saturated rings. The molecule has 6 nitrogen and oxygen atoms in total. The van der Waals surface area contributed by atoms with Crippen molar-refractivity contribution in [2.24, 2.45) is 5.92 Å². The molecular weight excluding hydrogens is 320 g/mol. The third-order valence-electron chi connectivity index (χ3n) is 5.14. The van der Waals surface area contributed by atoms with Gasteiger partial charge in [-0.05, 0) is 38.0 Å². The summed E-state index contributed by atoms with van der Waals surface area (Å²) in [6.45, 7) is 4.21. The topological polar surface area (TPSA) is 63.0 Å². The number of hydrogen-bond donors (Lipinski definition) is 0. The Labute approximate surface area is 146 Å². The molecule has 0 unspecified atom stereocenters. The van der Waals surface area contributed by atoms with Gasteiger partial charge in [0.05, 0.1) is 7.11 Å². The number of carbonyl (C=O) groups excluding carboxylic acids is 2. The fourth-order valence-electron chi connectivity index (χ4n) is 3.39. The van der Waals surface area contributed by atoms with Gasteiger partial charge in [-0.3, -0.25) is 9.59 Å². The number of furan rings is 1. The van der Waals surface area contributed by atoms with Crippen LogP contribution in [0.3, 0.4) is 0 Å². The molecule has 0 radical (unpaired) electrons. The van der Waals surface area contributed by atoms with Crippen LogP contribution in [0.5, 0.6) is 5.75 Å². The summed E-state index contributed by atoms with van der Waals surface area (Å²) in [5.41, 5.74) is 1.51. The smallest absolute Gasteiger partial charge is 0.290 e. The summed E-state index contributed by atoms with van der Waals surface area (Å²) in [7, 11) is 1.62. The Morgan fingerprint density at radius 2 is 1.80 bits per heavy atom. The van der Waals surface area contributed by atoms with E-state index < -0.39 is 0 Å². The van der Waals surface area contributed by atoms with Gasteiger partial charge in [-0.1, -0.05) is 0 Å². The van der Waals surface area contributed by atoms with Gasteiger partial charge in [0.25, 0.3) is 5.91 Å². The summed E-state index contributed by atoms with van der Waals surface area (Å²) in [5, 5.41) is 0.894. The fraction of sp³-hybridized carbons (Fsp3) is 0.474. The van der Waals surface area contributed by atoms with E-state index in [9.17, 15) is 9.59 Å². The van der Waals surface area contributed by atoms with E-state index in [1.807, 2.05) is 30.0 Å². The van der Waals surface area contributed by atoms with Gasteiger partial charge in [0.2, 0.25) is 5.91 Å². The molecule has 25 heavy (non-hydrogen) atoms. The van der Waals surface area contributed by atoms with Gasteiger partial charge < -0.3 is 19.0 Å². The predicted molar refractivity (Wildman–Crippen MR) is 92.7 cm³/mol. The molecule has 2 amide bonds. The van der Waals surface area contributed by atoms with Crippen molar-refractivity contribution in [1.82, 2.24) is 9.80 Å². The van der Waals surface area contributed by atoms with E-state index in [0.717, 1.165) is 29.5 Å². The van der Waals surface area contributed by atoms with E-state index in [2.05, 4.69) is 0 Å². The molecule has 1 aliphatic heterocycles. The Balaban J connectivity index is 1.50. The Morgan fingerprint density at radius 1 is 1.12 bits per heavy atom. The first kappa shape index (κ1) is 16.0. The van der Waals surface area contributed by atoms with Gasteiger partial charge in [0.15, 0.2) is 5.76 Å². The van der Waals surface area contributed by atoms with Crippen molar-refractivity contribution >= 4 is 22.8 Å². The fourth-order valence-corrected chi connectivity index (χ4v) is 3.39. The SMILES string of the molecule is COc1ccc2oc(C(=O)N3CCN(C(=O)C4CC4)CC3)c(C)c2c1. The highest BCUT2D eigenvalue weighted by Gasteiger charge is 2.35. The van der Waals surface area contributed by atoms with Crippen molar-refractivity contribution in [3.63, 3.8) is 0 Å². The number of carbonyl (C=O) groups is 2. The maximum atomic E-state index is 12.9. The van der Waals surface area contributed by atoms with Gasteiger partial charge in [0, 0.05) is 43.0 Å². The van der Waals surface area contributed by atoms with E-state index in [-0.39, 0.29) is 17.7 Å². The van der Waals surface area contributed by atoms with Crippen LogP contribution in [-0.2, 0) is 4.79 Å². The second-order valence-electron chi connectivity index (χ2n) is 6.81. The van der Waals surface area contributed by atoms with Crippen LogP contribution in [0, 0.1) is 12.8 Å². The lowest BCUT2D eigenvalue weighted by Gasteiger charge is -2.34. The molecule has 2 heterocycles. The maximum absolute atomic E-state index is 12.9. The Kier molecular flexibility index (Phi) is 3.90. The molecule has 1 saturated carbocycles. The highest BCUT2D eigenvalue weighted by Crippen LogP contribution is 2.32. The first-order valence-corrected chi connectivity index (χ1v) is 8.73. The predicted octanol–water partition coefficient (Wildman–Crippen LogP) is 2.44. The summed E-state index contributed by atoms with van der Waals surface area (Å²) in [4.78, 5) is 28.7. The van der Waals surface area contributed by atoms with E-state index in [1.165, 1.54) is 0 Å². The Bertz CT molecular complexity index is 829. The summed E-state index contributed by atoms with van der Waals surface area (Å²) >= 11 is 0. The monoisotopic (exact) mass is 342 g/mol. The van der Waals surface area contributed by atoms with E-state index in [4.69, 9.17) is 9.15 Å². The van der Waals surface area contributed by atoms with E-state index >= 15 is 0 Å². The van der Waals surface area contributed by atoms with Crippen LogP contribution in [0.4, 0.5) is 0 Å². The molecule has 132 valence electrons. The maximum Gasteiger partial charge on any atom is 0.290 e. The number of aryl methyl sites for hydroxylation is 1.